The zero-order chi connectivity index (χ0) is 17.8. The highest BCUT2D eigenvalue weighted by Crippen LogP contribution is 2.24. The Morgan fingerprint density at radius 3 is 2.64 bits per heavy atom. The number of hydrogen-bond acceptors (Lipinski definition) is 9. The molecule has 2 heterocycles. The van der Waals surface area contributed by atoms with Crippen LogP contribution in [-0.2, 0) is 22.6 Å². The van der Waals surface area contributed by atoms with Crippen molar-refractivity contribution in [3.63, 3.8) is 0 Å². The first kappa shape index (κ1) is 16.8. The fraction of sp³-hybridized carbons (Fsp3) is 0.188. The topological polar surface area (TPSA) is 130 Å². The summed E-state index contributed by atoms with van der Waals surface area (Å²) in [5.41, 5.74) is 13.8. The molecule has 3 rings (SSSR count). The van der Waals surface area contributed by atoms with Crippen molar-refractivity contribution in [2.45, 2.75) is 20.0 Å². The van der Waals surface area contributed by atoms with Crippen molar-refractivity contribution in [3.8, 4) is 10.6 Å². The zero-order valence-corrected chi connectivity index (χ0v) is 14.3. The summed E-state index contributed by atoms with van der Waals surface area (Å²) in [5.74, 6) is -0.252. The number of aryl methyl sites for hydroxylation is 1. The van der Waals surface area contributed by atoms with Gasteiger partial charge in [-0.3, -0.25) is 4.79 Å². The van der Waals surface area contributed by atoms with E-state index in [4.69, 9.17) is 16.2 Å². The molecule has 0 atom stereocenters. The molecular weight excluding hydrogens is 340 g/mol. The van der Waals surface area contributed by atoms with Crippen molar-refractivity contribution in [2.75, 3.05) is 11.5 Å². The van der Waals surface area contributed by atoms with Crippen LogP contribution in [0, 0.1) is 6.92 Å². The minimum atomic E-state index is -0.432. The van der Waals surface area contributed by atoms with Crippen LogP contribution in [0.2, 0.25) is 0 Å². The third-order valence-electron chi connectivity index (χ3n) is 3.22. The Bertz CT molecular complexity index is 891. The van der Waals surface area contributed by atoms with Crippen molar-refractivity contribution < 1.29 is 9.53 Å². The first-order chi connectivity index (χ1) is 12.0. The number of ether oxygens (including phenoxy) is 1. The second-order valence-electron chi connectivity index (χ2n) is 5.32. The van der Waals surface area contributed by atoms with Gasteiger partial charge in [-0.15, -0.1) is 11.3 Å². The number of thiazole rings is 1. The summed E-state index contributed by atoms with van der Waals surface area (Å²) in [7, 11) is 0. The number of carbonyl (C=O) groups is 1. The summed E-state index contributed by atoms with van der Waals surface area (Å²) in [6.45, 7) is 1.90. The maximum absolute atomic E-state index is 12.0. The number of rotatable bonds is 5. The SMILES string of the molecule is Cc1cccc(-c2nc(CC(=O)OCc3nc(N)nc(N)n3)cs2)c1. The lowest BCUT2D eigenvalue weighted by molar-refractivity contribution is -0.144. The highest BCUT2D eigenvalue weighted by atomic mass is 32.1. The molecule has 8 nitrogen and oxygen atoms in total. The summed E-state index contributed by atoms with van der Waals surface area (Å²) in [5, 5.41) is 2.71. The molecule has 3 aromatic rings. The van der Waals surface area contributed by atoms with Crippen LogP contribution in [0.5, 0.6) is 0 Å². The van der Waals surface area contributed by atoms with E-state index in [0.717, 1.165) is 16.1 Å². The molecule has 25 heavy (non-hydrogen) atoms. The lowest BCUT2D eigenvalue weighted by atomic mass is 10.1. The van der Waals surface area contributed by atoms with E-state index < -0.39 is 5.97 Å². The Kier molecular flexibility index (Phi) is 4.85. The lowest BCUT2D eigenvalue weighted by Gasteiger charge is -2.04. The summed E-state index contributed by atoms with van der Waals surface area (Å²) in [6.07, 6.45) is 0.0678. The number of nitrogens with zero attached hydrogens (tertiary/aromatic N) is 4. The molecule has 128 valence electrons. The number of aromatic nitrogens is 4. The molecule has 0 aliphatic rings. The van der Waals surface area contributed by atoms with Crippen LogP contribution in [0.15, 0.2) is 29.6 Å². The number of benzene rings is 1. The first-order valence-electron chi connectivity index (χ1n) is 7.42. The van der Waals surface area contributed by atoms with Crippen LogP contribution in [0.25, 0.3) is 10.6 Å². The molecule has 0 aliphatic carbocycles. The number of hydrogen-bond donors (Lipinski definition) is 2. The fourth-order valence-electron chi connectivity index (χ4n) is 2.16. The van der Waals surface area contributed by atoms with Gasteiger partial charge in [-0.2, -0.15) is 15.0 Å². The monoisotopic (exact) mass is 356 g/mol. The van der Waals surface area contributed by atoms with Gasteiger partial charge in [0.05, 0.1) is 12.1 Å². The summed E-state index contributed by atoms with van der Waals surface area (Å²) < 4.78 is 5.14. The lowest BCUT2D eigenvalue weighted by Crippen LogP contribution is -2.12. The van der Waals surface area contributed by atoms with Crippen molar-refractivity contribution in [2.24, 2.45) is 0 Å². The molecular formula is C16H16N6O2S. The zero-order valence-electron chi connectivity index (χ0n) is 13.5. The van der Waals surface area contributed by atoms with E-state index in [2.05, 4.69) is 26.0 Å². The summed E-state index contributed by atoms with van der Waals surface area (Å²) in [6, 6.07) is 8.04. The standard InChI is InChI=1S/C16H16N6O2S/c1-9-3-2-4-10(5-9)14-19-11(8-25-14)6-13(23)24-7-12-20-15(17)22-16(18)21-12/h2-5,8H,6-7H2,1H3,(H4,17,18,20,21,22). The average molecular weight is 356 g/mol. The first-order valence-corrected chi connectivity index (χ1v) is 8.30. The van der Waals surface area contributed by atoms with Crippen LogP contribution in [-0.4, -0.2) is 25.9 Å². The number of nitrogen functional groups attached to an aromatic ring is 2. The van der Waals surface area contributed by atoms with Gasteiger partial charge in [-0.1, -0.05) is 23.8 Å². The van der Waals surface area contributed by atoms with Crippen LogP contribution >= 0.6 is 11.3 Å². The van der Waals surface area contributed by atoms with Gasteiger partial charge in [0.2, 0.25) is 11.9 Å². The van der Waals surface area contributed by atoms with Gasteiger partial charge in [0, 0.05) is 10.9 Å². The minimum absolute atomic E-state index is 0.0131. The van der Waals surface area contributed by atoms with Gasteiger partial charge in [0.25, 0.3) is 0 Å². The van der Waals surface area contributed by atoms with Crippen molar-refractivity contribution >= 4 is 29.2 Å². The van der Waals surface area contributed by atoms with Gasteiger partial charge < -0.3 is 16.2 Å². The Morgan fingerprint density at radius 2 is 1.92 bits per heavy atom. The van der Waals surface area contributed by atoms with E-state index in [0.29, 0.717) is 5.69 Å². The van der Waals surface area contributed by atoms with E-state index >= 15 is 0 Å². The molecule has 4 N–H and O–H groups in total. The van der Waals surface area contributed by atoms with E-state index in [1.807, 2.05) is 30.5 Å². The Hall–Kier alpha value is -3.07. The third-order valence-corrected chi connectivity index (χ3v) is 4.16. The molecule has 0 bridgehead atoms. The van der Waals surface area contributed by atoms with Crippen molar-refractivity contribution in [3.05, 3.63) is 46.7 Å². The molecule has 0 saturated carbocycles. The van der Waals surface area contributed by atoms with E-state index in [1.54, 1.807) is 0 Å². The molecule has 2 aromatic heterocycles. The molecule has 0 fully saturated rings. The van der Waals surface area contributed by atoms with Crippen LogP contribution in [0.3, 0.4) is 0 Å². The van der Waals surface area contributed by atoms with Gasteiger partial charge >= 0.3 is 5.97 Å². The number of anilines is 2. The molecule has 0 radical (unpaired) electrons. The molecule has 0 aliphatic heterocycles. The maximum Gasteiger partial charge on any atom is 0.312 e. The molecule has 1 aromatic carbocycles. The average Bonchev–Trinajstić information content (AvgIpc) is 3.00. The number of nitrogens with two attached hydrogens (primary N) is 2. The largest absolute Gasteiger partial charge is 0.457 e. The Labute approximate surface area is 147 Å². The van der Waals surface area contributed by atoms with Gasteiger partial charge in [0.15, 0.2) is 12.4 Å². The van der Waals surface area contributed by atoms with Gasteiger partial charge in [-0.25, -0.2) is 4.98 Å². The number of esters is 1. The third kappa shape index (κ3) is 4.48. The van der Waals surface area contributed by atoms with E-state index in [-0.39, 0.29) is 30.7 Å². The van der Waals surface area contributed by atoms with E-state index in [9.17, 15) is 4.79 Å². The van der Waals surface area contributed by atoms with Crippen LogP contribution < -0.4 is 11.5 Å². The molecule has 0 unspecified atom stereocenters. The second-order valence-corrected chi connectivity index (χ2v) is 6.18. The Morgan fingerprint density at radius 1 is 1.16 bits per heavy atom. The summed E-state index contributed by atoms with van der Waals surface area (Å²) in [4.78, 5) is 27.8. The molecule has 0 amide bonds. The second kappa shape index (κ2) is 7.22. The van der Waals surface area contributed by atoms with Crippen LogP contribution in [0.4, 0.5) is 11.9 Å². The summed E-state index contributed by atoms with van der Waals surface area (Å²) >= 11 is 1.49. The fourth-order valence-corrected chi connectivity index (χ4v) is 2.98. The number of carbonyl (C=O) groups excluding carboxylic acids is 1. The highest BCUT2D eigenvalue weighted by molar-refractivity contribution is 7.13. The molecule has 0 spiro atoms. The Balaban J connectivity index is 1.60. The quantitative estimate of drug-likeness (QED) is 0.661. The van der Waals surface area contributed by atoms with Gasteiger partial charge in [0.1, 0.15) is 5.01 Å². The predicted octanol–water partition coefficient (Wildman–Crippen LogP) is 1.75. The van der Waals surface area contributed by atoms with E-state index in [1.165, 1.54) is 11.3 Å². The normalized spacial score (nSPS) is 10.6. The molecule has 0 saturated heterocycles. The van der Waals surface area contributed by atoms with Crippen LogP contribution in [0.1, 0.15) is 17.1 Å². The highest BCUT2D eigenvalue weighted by Gasteiger charge is 2.12. The van der Waals surface area contributed by atoms with Gasteiger partial charge in [-0.05, 0) is 13.0 Å². The van der Waals surface area contributed by atoms with Crippen molar-refractivity contribution in [1.82, 2.24) is 19.9 Å². The smallest absolute Gasteiger partial charge is 0.312 e. The predicted molar refractivity (Wildman–Crippen MR) is 94.4 cm³/mol. The van der Waals surface area contributed by atoms with Crippen molar-refractivity contribution in [1.29, 1.82) is 0 Å². The molecule has 9 heteroatoms. The minimum Gasteiger partial charge on any atom is -0.457 e. The maximum atomic E-state index is 12.0.